The van der Waals surface area contributed by atoms with Gasteiger partial charge in [0.25, 0.3) is 0 Å². The Kier molecular flexibility index (Phi) is 3.97. The quantitative estimate of drug-likeness (QED) is 0.758. The number of hydrogen-bond acceptors (Lipinski definition) is 3. The van der Waals surface area contributed by atoms with Gasteiger partial charge in [-0.15, -0.1) is 0 Å². The van der Waals surface area contributed by atoms with Gasteiger partial charge in [0.05, 0.1) is 11.6 Å². The largest absolute Gasteiger partial charge is 0.373 e. The molecule has 0 aromatic heterocycles. The Bertz CT molecular complexity index is 252. The summed E-state index contributed by atoms with van der Waals surface area (Å²) in [5, 5.41) is 2.88. The Morgan fingerprint density at radius 3 is 2.62 bits per heavy atom. The molecule has 1 amide bonds. The van der Waals surface area contributed by atoms with Crippen LogP contribution in [0, 0.1) is 5.41 Å². The number of nitrogens with two attached hydrogens (primary N) is 1. The van der Waals surface area contributed by atoms with Crippen molar-refractivity contribution in [3.8, 4) is 0 Å². The van der Waals surface area contributed by atoms with E-state index < -0.39 is 6.04 Å². The smallest absolute Gasteiger partial charge is 0.237 e. The molecule has 94 valence electrons. The lowest BCUT2D eigenvalue weighted by molar-refractivity contribution is -0.125. The van der Waals surface area contributed by atoms with Crippen molar-refractivity contribution in [2.75, 3.05) is 13.2 Å². The van der Waals surface area contributed by atoms with Gasteiger partial charge in [-0.3, -0.25) is 4.79 Å². The highest BCUT2D eigenvalue weighted by Gasteiger charge is 2.32. The maximum Gasteiger partial charge on any atom is 0.237 e. The van der Waals surface area contributed by atoms with Gasteiger partial charge in [0, 0.05) is 13.2 Å². The average molecular weight is 228 g/mol. The van der Waals surface area contributed by atoms with Gasteiger partial charge in [-0.2, -0.15) is 0 Å². The molecule has 1 aliphatic rings. The highest BCUT2D eigenvalue weighted by molar-refractivity contribution is 5.82. The molecule has 0 spiro atoms. The van der Waals surface area contributed by atoms with Crippen LogP contribution in [0.3, 0.4) is 0 Å². The summed E-state index contributed by atoms with van der Waals surface area (Å²) in [4.78, 5) is 11.8. The zero-order chi connectivity index (χ0) is 12.4. The van der Waals surface area contributed by atoms with Crippen molar-refractivity contribution in [2.24, 2.45) is 11.1 Å². The highest BCUT2D eigenvalue weighted by atomic mass is 16.5. The van der Waals surface area contributed by atoms with E-state index in [1.165, 1.54) is 0 Å². The second-order valence-corrected chi connectivity index (χ2v) is 5.96. The summed E-state index contributed by atoms with van der Waals surface area (Å²) >= 11 is 0. The van der Waals surface area contributed by atoms with E-state index in [-0.39, 0.29) is 16.9 Å². The molecule has 1 heterocycles. The molecule has 16 heavy (non-hydrogen) atoms. The average Bonchev–Trinajstić information content (AvgIpc) is 2.60. The minimum Gasteiger partial charge on any atom is -0.373 e. The number of carbonyl (C=O) groups excluding carboxylic acids is 1. The summed E-state index contributed by atoms with van der Waals surface area (Å²) in [7, 11) is 0. The lowest BCUT2D eigenvalue weighted by atomic mass is 9.87. The van der Waals surface area contributed by atoms with E-state index in [1.54, 1.807) is 0 Å². The van der Waals surface area contributed by atoms with Gasteiger partial charge in [0.2, 0.25) is 5.91 Å². The Balaban J connectivity index is 2.40. The Morgan fingerprint density at radius 2 is 2.19 bits per heavy atom. The SMILES string of the molecule is CC1(CNC(=O)[C@@H](N)C(C)(C)C)CCCO1. The normalized spacial score (nSPS) is 27.8. The van der Waals surface area contributed by atoms with E-state index >= 15 is 0 Å². The van der Waals surface area contributed by atoms with Crippen LogP contribution in [0.5, 0.6) is 0 Å². The number of nitrogens with one attached hydrogen (secondary N) is 1. The first kappa shape index (κ1) is 13.5. The minimum atomic E-state index is -0.475. The van der Waals surface area contributed by atoms with Crippen LogP contribution in [-0.4, -0.2) is 30.7 Å². The maximum absolute atomic E-state index is 11.8. The van der Waals surface area contributed by atoms with Crippen LogP contribution >= 0.6 is 0 Å². The minimum absolute atomic E-state index is 0.0933. The van der Waals surface area contributed by atoms with Crippen LogP contribution in [0.1, 0.15) is 40.5 Å². The molecule has 1 saturated heterocycles. The molecule has 0 aliphatic carbocycles. The second kappa shape index (κ2) is 4.72. The van der Waals surface area contributed by atoms with Crippen molar-refractivity contribution in [3.63, 3.8) is 0 Å². The molecule has 1 aliphatic heterocycles. The van der Waals surface area contributed by atoms with Gasteiger partial charge in [0.1, 0.15) is 0 Å². The summed E-state index contributed by atoms with van der Waals surface area (Å²) in [6, 6.07) is -0.475. The van der Waals surface area contributed by atoms with Gasteiger partial charge in [0.15, 0.2) is 0 Å². The monoisotopic (exact) mass is 228 g/mol. The molecule has 3 N–H and O–H groups in total. The van der Waals surface area contributed by atoms with Crippen LogP contribution in [0.25, 0.3) is 0 Å². The first-order valence-corrected chi connectivity index (χ1v) is 5.92. The highest BCUT2D eigenvalue weighted by Crippen LogP contribution is 2.24. The predicted molar refractivity (Wildman–Crippen MR) is 64.0 cm³/mol. The zero-order valence-electron chi connectivity index (χ0n) is 10.8. The summed E-state index contributed by atoms with van der Waals surface area (Å²) in [5.41, 5.74) is 5.46. The molecule has 0 bridgehead atoms. The van der Waals surface area contributed by atoms with Gasteiger partial charge >= 0.3 is 0 Å². The molecule has 4 nitrogen and oxygen atoms in total. The topological polar surface area (TPSA) is 64.4 Å². The molecular formula is C12H24N2O2. The van der Waals surface area contributed by atoms with Gasteiger partial charge in [-0.1, -0.05) is 20.8 Å². The van der Waals surface area contributed by atoms with Crippen molar-refractivity contribution >= 4 is 5.91 Å². The predicted octanol–water partition coefficient (Wildman–Crippen LogP) is 1.05. The summed E-state index contributed by atoms with van der Waals surface area (Å²) in [6.45, 7) is 9.26. The zero-order valence-corrected chi connectivity index (χ0v) is 10.8. The molecule has 0 radical (unpaired) electrons. The second-order valence-electron chi connectivity index (χ2n) is 5.96. The number of hydrogen-bond donors (Lipinski definition) is 2. The lowest BCUT2D eigenvalue weighted by Gasteiger charge is -2.28. The van der Waals surface area contributed by atoms with E-state index in [0.29, 0.717) is 6.54 Å². The van der Waals surface area contributed by atoms with Crippen LogP contribution in [0.15, 0.2) is 0 Å². The molecule has 0 aromatic carbocycles. The van der Waals surface area contributed by atoms with Crippen molar-refractivity contribution in [1.29, 1.82) is 0 Å². The molecular weight excluding hydrogens is 204 g/mol. The molecule has 4 heteroatoms. The van der Waals surface area contributed by atoms with E-state index in [1.807, 2.05) is 27.7 Å². The van der Waals surface area contributed by atoms with Crippen LogP contribution in [0.2, 0.25) is 0 Å². The van der Waals surface area contributed by atoms with E-state index in [4.69, 9.17) is 10.5 Å². The molecule has 0 saturated carbocycles. The maximum atomic E-state index is 11.8. The van der Waals surface area contributed by atoms with E-state index in [0.717, 1.165) is 19.4 Å². The van der Waals surface area contributed by atoms with Crippen LogP contribution in [-0.2, 0) is 9.53 Å². The van der Waals surface area contributed by atoms with Crippen LogP contribution in [0.4, 0.5) is 0 Å². The third-order valence-electron chi connectivity index (χ3n) is 3.15. The fourth-order valence-electron chi connectivity index (χ4n) is 1.75. The fourth-order valence-corrected chi connectivity index (χ4v) is 1.75. The first-order chi connectivity index (χ1) is 7.25. The van der Waals surface area contributed by atoms with Crippen molar-refractivity contribution in [1.82, 2.24) is 5.32 Å². The van der Waals surface area contributed by atoms with Gasteiger partial charge in [-0.05, 0) is 25.2 Å². The lowest BCUT2D eigenvalue weighted by Crippen LogP contribution is -2.51. The number of carbonyl (C=O) groups is 1. The van der Waals surface area contributed by atoms with Crippen molar-refractivity contribution < 1.29 is 9.53 Å². The van der Waals surface area contributed by atoms with Gasteiger partial charge in [-0.25, -0.2) is 0 Å². The molecule has 1 unspecified atom stereocenters. The van der Waals surface area contributed by atoms with Gasteiger partial charge < -0.3 is 15.8 Å². The number of amides is 1. The Hall–Kier alpha value is -0.610. The summed E-state index contributed by atoms with van der Waals surface area (Å²) in [6.07, 6.45) is 2.07. The van der Waals surface area contributed by atoms with Crippen molar-refractivity contribution in [2.45, 2.75) is 52.2 Å². The first-order valence-electron chi connectivity index (χ1n) is 5.92. The van der Waals surface area contributed by atoms with Crippen molar-refractivity contribution in [3.05, 3.63) is 0 Å². The third-order valence-corrected chi connectivity index (χ3v) is 3.15. The standard InChI is InChI=1S/C12H24N2O2/c1-11(2,3)9(13)10(15)14-8-12(4)6-5-7-16-12/h9H,5-8,13H2,1-4H3,(H,14,15)/t9-,12?/m1/s1. The summed E-state index contributed by atoms with van der Waals surface area (Å²) in [5.74, 6) is -0.0933. The van der Waals surface area contributed by atoms with Crippen LogP contribution < -0.4 is 11.1 Å². The summed E-state index contributed by atoms with van der Waals surface area (Å²) < 4.78 is 5.60. The van der Waals surface area contributed by atoms with E-state index in [9.17, 15) is 4.79 Å². The third kappa shape index (κ3) is 3.46. The molecule has 1 fully saturated rings. The fraction of sp³-hybridized carbons (Fsp3) is 0.917. The molecule has 0 aromatic rings. The number of ether oxygens (including phenoxy) is 1. The van der Waals surface area contributed by atoms with E-state index in [2.05, 4.69) is 5.32 Å². The Morgan fingerprint density at radius 1 is 1.56 bits per heavy atom. The number of rotatable bonds is 3. The Labute approximate surface area is 97.9 Å². The molecule has 2 atom stereocenters. The molecule has 1 rings (SSSR count).